The fourth-order valence-corrected chi connectivity index (χ4v) is 4.49. The fourth-order valence-electron chi connectivity index (χ4n) is 3.25. The van der Waals surface area contributed by atoms with Crippen molar-refractivity contribution in [2.45, 2.75) is 26.3 Å². The molecule has 27 heavy (non-hydrogen) atoms. The normalized spacial score (nSPS) is 16.6. The number of nitrogens with zero attached hydrogens (tertiary/aromatic N) is 3. The highest BCUT2D eigenvalue weighted by Gasteiger charge is 2.25. The molecule has 1 saturated heterocycles. The van der Waals surface area contributed by atoms with E-state index in [1.54, 1.807) is 7.05 Å². The van der Waals surface area contributed by atoms with Gasteiger partial charge >= 0.3 is 0 Å². The number of aliphatic imine (C=N–C) groups is 1. The zero-order valence-electron chi connectivity index (χ0n) is 16.7. The highest BCUT2D eigenvalue weighted by atomic mass is 35.5. The molecule has 0 radical (unpaired) electrons. The summed E-state index contributed by atoms with van der Waals surface area (Å²) in [4.78, 5) is 8.88. The van der Waals surface area contributed by atoms with Gasteiger partial charge in [0.15, 0.2) is 5.96 Å². The van der Waals surface area contributed by atoms with Gasteiger partial charge in [-0.3, -0.25) is 4.99 Å². The molecule has 1 aliphatic rings. The molecule has 0 aliphatic carbocycles. The van der Waals surface area contributed by atoms with E-state index in [0.29, 0.717) is 6.54 Å². The Morgan fingerprint density at radius 3 is 2.44 bits per heavy atom. The maximum atomic E-state index is 11.5. The van der Waals surface area contributed by atoms with Crippen LogP contribution in [0.3, 0.4) is 0 Å². The van der Waals surface area contributed by atoms with E-state index in [9.17, 15) is 8.42 Å². The molecule has 1 aliphatic heterocycles. The lowest BCUT2D eigenvalue weighted by atomic mass is 10.1. The van der Waals surface area contributed by atoms with Crippen molar-refractivity contribution in [1.29, 1.82) is 0 Å². The summed E-state index contributed by atoms with van der Waals surface area (Å²) in [6.07, 6.45) is 1.17. The van der Waals surface area contributed by atoms with E-state index >= 15 is 0 Å². The number of anilines is 1. The predicted molar refractivity (Wildman–Crippen MR) is 113 cm³/mol. The van der Waals surface area contributed by atoms with Gasteiger partial charge in [0.2, 0.25) is 10.0 Å². The van der Waals surface area contributed by atoms with Crippen LogP contribution in [0.1, 0.15) is 19.4 Å². The largest absolute Gasteiger partial charge is 0.368 e. The summed E-state index contributed by atoms with van der Waals surface area (Å²) in [6.45, 7) is 9.61. The molecule has 1 aromatic carbocycles. The lowest BCUT2D eigenvalue weighted by Crippen LogP contribution is -2.56. The molecule has 2 N–H and O–H groups in total. The summed E-state index contributed by atoms with van der Waals surface area (Å²) in [5, 5.41) is 4.03. The van der Waals surface area contributed by atoms with E-state index in [0.717, 1.165) is 37.2 Å². The van der Waals surface area contributed by atoms with Crippen LogP contribution in [0.4, 0.5) is 5.69 Å². The van der Waals surface area contributed by atoms with Crippen molar-refractivity contribution in [3.8, 4) is 0 Å². The molecule has 9 heteroatoms. The number of guanidine groups is 1. The van der Waals surface area contributed by atoms with Gasteiger partial charge in [-0.15, -0.1) is 0 Å². The van der Waals surface area contributed by atoms with E-state index < -0.39 is 15.6 Å². The Kier molecular flexibility index (Phi) is 6.99. The Labute approximate surface area is 167 Å². The number of hydrogen-bond acceptors (Lipinski definition) is 4. The molecule has 1 aromatic rings. The van der Waals surface area contributed by atoms with Crippen LogP contribution in [-0.2, 0) is 10.0 Å². The number of nitrogens with one attached hydrogen (secondary N) is 2. The number of hydrogen-bond donors (Lipinski definition) is 2. The van der Waals surface area contributed by atoms with Gasteiger partial charge in [0.05, 0.1) is 6.26 Å². The zero-order chi connectivity index (χ0) is 20.2. The van der Waals surface area contributed by atoms with Crippen LogP contribution in [-0.4, -0.2) is 70.8 Å². The number of piperazine rings is 1. The van der Waals surface area contributed by atoms with E-state index in [2.05, 4.69) is 31.8 Å². The van der Waals surface area contributed by atoms with Gasteiger partial charge in [0.1, 0.15) is 0 Å². The third kappa shape index (κ3) is 6.55. The molecule has 1 fully saturated rings. The van der Waals surface area contributed by atoms with Gasteiger partial charge < -0.3 is 15.1 Å². The second-order valence-electron chi connectivity index (χ2n) is 7.56. The number of halogens is 1. The van der Waals surface area contributed by atoms with Crippen molar-refractivity contribution in [2.24, 2.45) is 4.99 Å². The second-order valence-corrected chi connectivity index (χ2v) is 9.75. The summed E-state index contributed by atoms with van der Waals surface area (Å²) in [7, 11) is -1.52. The maximum absolute atomic E-state index is 11.5. The standard InChI is InChI=1S/C18H30ClN5O2S/c1-14-6-7-15(19)12-16(14)23-8-10-24(11-9-23)17(20-4)21-13-18(2,3)22-27(5,25)26/h6-7,12,22H,8-11,13H2,1-5H3,(H,20,21). The van der Waals surface area contributed by atoms with Crippen molar-refractivity contribution in [2.75, 3.05) is 50.9 Å². The van der Waals surface area contributed by atoms with Crippen LogP contribution in [0, 0.1) is 6.92 Å². The van der Waals surface area contributed by atoms with Crippen LogP contribution in [0.2, 0.25) is 5.02 Å². The number of benzene rings is 1. The number of aryl methyl sites for hydroxylation is 1. The second kappa shape index (κ2) is 8.67. The van der Waals surface area contributed by atoms with Crippen molar-refractivity contribution < 1.29 is 8.42 Å². The van der Waals surface area contributed by atoms with Crippen LogP contribution in [0.5, 0.6) is 0 Å². The lowest BCUT2D eigenvalue weighted by Gasteiger charge is -2.39. The molecule has 1 heterocycles. The van der Waals surface area contributed by atoms with Gasteiger partial charge in [0, 0.05) is 56.0 Å². The Hall–Kier alpha value is -1.51. The van der Waals surface area contributed by atoms with E-state index in [1.165, 1.54) is 17.5 Å². The Morgan fingerprint density at radius 1 is 1.26 bits per heavy atom. The fraction of sp³-hybridized carbons (Fsp3) is 0.611. The van der Waals surface area contributed by atoms with Gasteiger partial charge in [-0.05, 0) is 38.5 Å². The molecule has 7 nitrogen and oxygen atoms in total. The number of sulfonamides is 1. The molecule has 152 valence electrons. The SMILES string of the molecule is CN=C(NCC(C)(C)NS(C)(=O)=O)N1CCN(c2cc(Cl)ccc2C)CC1. The van der Waals surface area contributed by atoms with Gasteiger partial charge in [-0.1, -0.05) is 17.7 Å². The first kappa shape index (κ1) is 21.8. The quantitative estimate of drug-likeness (QED) is 0.565. The summed E-state index contributed by atoms with van der Waals surface area (Å²) in [5.74, 6) is 0.779. The van der Waals surface area contributed by atoms with Crippen LogP contribution in [0.25, 0.3) is 0 Å². The highest BCUT2D eigenvalue weighted by molar-refractivity contribution is 7.88. The average Bonchev–Trinajstić information content (AvgIpc) is 2.56. The van der Waals surface area contributed by atoms with Crippen molar-refractivity contribution in [3.05, 3.63) is 28.8 Å². The van der Waals surface area contributed by atoms with Crippen molar-refractivity contribution in [3.63, 3.8) is 0 Å². The number of rotatable bonds is 5. The molecule has 0 spiro atoms. The molecule has 0 bridgehead atoms. The summed E-state index contributed by atoms with van der Waals surface area (Å²) < 4.78 is 25.6. The minimum absolute atomic E-state index is 0.445. The monoisotopic (exact) mass is 415 g/mol. The smallest absolute Gasteiger partial charge is 0.209 e. The molecule has 0 saturated carbocycles. The molecule has 0 amide bonds. The molecule has 0 unspecified atom stereocenters. The summed E-state index contributed by atoms with van der Waals surface area (Å²) >= 11 is 6.15. The van der Waals surface area contributed by atoms with Gasteiger partial charge in [0.25, 0.3) is 0 Å². The van der Waals surface area contributed by atoms with E-state index in [4.69, 9.17) is 11.6 Å². The van der Waals surface area contributed by atoms with E-state index in [1.807, 2.05) is 32.0 Å². The molecular weight excluding hydrogens is 386 g/mol. The zero-order valence-corrected chi connectivity index (χ0v) is 18.3. The minimum Gasteiger partial charge on any atom is -0.368 e. The summed E-state index contributed by atoms with van der Waals surface area (Å²) in [6, 6.07) is 5.97. The lowest BCUT2D eigenvalue weighted by molar-refractivity contribution is 0.362. The Morgan fingerprint density at radius 2 is 1.89 bits per heavy atom. The molecule has 0 aromatic heterocycles. The minimum atomic E-state index is -3.27. The predicted octanol–water partition coefficient (Wildman–Crippen LogP) is 1.67. The topological polar surface area (TPSA) is 77.0 Å². The van der Waals surface area contributed by atoms with Crippen molar-refractivity contribution in [1.82, 2.24) is 14.9 Å². The maximum Gasteiger partial charge on any atom is 0.209 e. The first-order valence-corrected chi connectivity index (χ1v) is 11.2. The Balaban J connectivity index is 1.94. The van der Waals surface area contributed by atoms with E-state index in [-0.39, 0.29) is 0 Å². The first-order chi connectivity index (χ1) is 12.5. The molecule has 0 atom stereocenters. The first-order valence-electron chi connectivity index (χ1n) is 8.96. The van der Waals surface area contributed by atoms with Crippen molar-refractivity contribution >= 4 is 33.3 Å². The highest BCUT2D eigenvalue weighted by Crippen LogP contribution is 2.25. The average molecular weight is 416 g/mol. The van der Waals surface area contributed by atoms with Crippen LogP contribution >= 0.6 is 11.6 Å². The molecule has 2 rings (SSSR count). The van der Waals surface area contributed by atoms with Crippen LogP contribution < -0.4 is 14.9 Å². The summed E-state index contributed by atoms with van der Waals surface area (Å²) in [5.41, 5.74) is 1.77. The third-order valence-electron chi connectivity index (χ3n) is 4.45. The Bertz CT molecular complexity index is 787. The third-order valence-corrected chi connectivity index (χ3v) is 5.61. The van der Waals surface area contributed by atoms with Crippen LogP contribution in [0.15, 0.2) is 23.2 Å². The van der Waals surface area contributed by atoms with Gasteiger partial charge in [-0.2, -0.15) is 0 Å². The van der Waals surface area contributed by atoms with Gasteiger partial charge in [-0.25, -0.2) is 13.1 Å². The molecular formula is C18H30ClN5O2S.